The molecule has 0 saturated heterocycles. The van der Waals surface area contributed by atoms with Gasteiger partial charge in [-0.05, 0) is 0 Å². The topological polar surface area (TPSA) is 99.8 Å². The summed E-state index contributed by atoms with van der Waals surface area (Å²) in [5.74, 6) is -0.439. The molecule has 8 heteroatoms. The second-order valence-electron chi connectivity index (χ2n) is 2.78. The standard InChI is InChI=1S/C7H7N5O2S/c1-12-4(5(8)13)3(2-9-12)6-10-11-7(15)14-6/h2H,1H3,(H2,8,13)(H,11,15). The minimum absolute atomic E-state index is 0.115. The molecule has 0 aliphatic carbocycles. The van der Waals surface area contributed by atoms with Crippen LogP contribution in [0.2, 0.25) is 0 Å². The fraction of sp³-hybridized carbons (Fsp3) is 0.143. The van der Waals surface area contributed by atoms with Gasteiger partial charge in [-0.25, -0.2) is 0 Å². The van der Waals surface area contributed by atoms with Crippen molar-refractivity contribution in [1.82, 2.24) is 20.0 Å². The first-order chi connectivity index (χ1) is 7.09. The highest BCUT2D eigenvalue weighted by atomic mass is 32.1. The number of thiol groups is 1. The molecular weight excluding hydrogens is 218 g/mol. The van der Waals surface area contributed by atoms with E-state index >= 15 is 0 Å². The summed E-state index contributed by atoms with van der Waals surface area (Å²) in [4.78, 5) is 11.1. The smallest absolute Gasteiger partial charge is 0.273 e. The number of aryl methyl sites for hydroxylation is 1. The van der Waals surface area contributed by atoms with Crippen LogP contribution in [0.4, 0.5) is 0 Å². The summed E-state index contributed by atoms with van der Waals surface area (Å²) in [6, 6.07) is 0. The van der Waals surface area contributed by atoms with Gasteiger partial charge in [0.05, 0.1) is 11.8 Å². The highest BCUT2D eigenvalue weighted by Gasteiger charge is 2.19. The van der Waals surface area contributed by atoms with Gasteiger partial charge in [0.25, 0.3) is 17.0 Å². The maximum absolute atomic E-state index is 11.1. The molecule has 0 atom stereocenters. The number of hydrogen-bond donors (Lipinski definition) is 2. The SMILES string of the molecule is Cn1ncc(-c2nnc(S)o2)c1C(N)=O. The van der Waals surface area contributed by atoms with Gasteiger partial charge in [-0.1, -0.05) is 12.6 Å². The van der Waals surface area contributed by atoms with E-state index in [0.717, 1.165) is 0 Å². The van der Waals surface area contributed by atoms with Crippen LogP contribution in [0.5, 0.6) is 0 Å². The van der Waals surface area contributed by atoms with Crippen LogP contribution in [0.1, 0.15) is 10.5 Å². The van der Waals surface area contributed by atoms with Crippen LogP contribution < -0.4 is 5.73 Å². The van der Waals surface area contributed by atoms with Crippen molar-refractivity contribution in [1.29, 1.82) is 0 Å². The van der Waals surface area contributed by atoms with Gasteiger partial charge >= 0.3 is 0 Å². The van der Waals surface area contributed by atoms with Crippen molar-refractivity contribution in [2.24, 2.45) is 12.8 Å². The summed E-state index contributed by atoms with van der Waals surface area (Å²) in [5.41, 5.74) is 5.81. The number of primary amides is 1. The first-order valence-electron chi connectivity index (χ1n) is 3.94. The molecule has 2 aromatic rings. The number of amides is 1. The lowest BCUT2D eigenvalue weighted by atomic mass is 10.2. The van der Waals surface area contributed by atoms with Crippen LogP contribution >= 0.6 is 12.6 Å². The molecule has 15 heavy (non-hydrogen) atoms. The number of hydrogen-bond acceptors (Lipinski definition) is 6. The Morgan fingerprint density at radius 3 is 2.87 bits per heavy atom. The van der Waals surface area contributed by atoms with E-state index in [1.165, 1.54) is 10.9 Å². The molecule has 2 heterocycles. The highest BCUT2D eigenvalue weighted by Crippen LogP contribution is 2.22. The zero-order valence-corrected chi connectivity index (χ0v) is 8.60. The normalized spacial score (nSPS) is 10.5. The van der Waals surface area contributed by atoms with E-state index < -0.39 is 5.91 Å². The van der Waals surface area contributed by atoms with E-state index in [4.69, 9.17) is 10.2 Å². The second kappa shape index (κ2) is 3.39. The first-order valence-corrected chi connectivity index (χ1v) is 4.39. The van der Waals surface area contributed by atoms with E-state index in [2.05, 4.69) is 27.9 Å². The zero-order valence-electron chi connectivity index (χ0n) is 7.71. The Morgan fingerprint density at radius 1 is 1.60 bits per heavy atom. The van der Waals surface area contributed by atoms with Gasteiger partial charge in [-0.15, -0.1) is 10.2 Å². The van der Waals surface area contributed by atoms with Crippen molar-refractivity contribution in [3.63, 3.8) is 0 Å². The van der Waals surface area contributed by atoms with Gasteiger partial charge in [-0.3, -0.25) is 9.48 Å². The number of aromatic nitrogens is 4. The molecular formula is C7H7N5O2S. The molecule has 0 bridgehead atoms. The number of carbonyl (C=O) groups is 1. The lowest BCUT2D eigenvalue weighted by molar-refractivity contribution is 0.0992. The number of carbonyl (C=O) groups excluding carboxylic acids is 1. The largest absolute Gasteiger partial charge is 0.411 e. The van der Waals surface area contributed by atoms with Gasteiger partial charge in [-0.2, -0.15) is 5.10 Å². The van der Waals surface area contributed by atoms with Crippen LogP contribution in [0.25, 0.3) is 11.5 Å². The van der Waals surface area contributed by atoms with Crippen molar-refractivity contribution < 1.29 is 9.21 Å². The summed E-state index contributed by atoms with van der Waals surface area (Å²) < 4.78 is 6.40. The Hall–Kier alpha value is -1.83. The van der Waals surface area contributed by atoms with Gasteiger partial charge in [0.15, 0.2) is 0 Å². The molecule has 0 aliphatic heterocycles. The van der Waals surface area contributed by atoms with Crippen LogP contribution in [0.15, 0.2) is 15.8 Å². The molecule has 0 aromatic carbocycles. The molecule has 7 nitrogen and oxygen atoms in total. The molecule has 78 valence electrons. The van der Waals surface area contributed by atoms with E-state index in [1.807, 2.05) is 0 Å². The average Bonchev–Trinajstić information content (AvgIpc) is 2.71. The van der Waals surface area contributed by atoms with Crippen LogP contribution in [0, 0.1) is 0 Å². The van der Waals surface area contributed by atoms with Crippen molar-refractivity contribution in [3.8, 4) is 11.5 Å². The third kappa shape index (κ3) is 1.59. The predicted molar refractivity (Wildman–Crippen MR) is 52.3 cm³/mol. The lowest BCUT2D eigenvalue weighted by Crippen LogP contribution is -2.16. The number of rotatable bonds is 2. The van der Waals surface area contributed by atoms with E-state index in [9.17, 15) is 4.79 Å². The van der Waals surface area contributed by atoms with Crippen molar-refractivity contribution in [2.75, 3.05) is 0 Å². The molecule has 1 amide bonds. The third-order valence-electron chi connectivity index (χ3n) is 1.82. The lowest BCUT2D eigenvalue weighted by Gasteiger charge is -1.97. The fourth-order valence-electron chi connectivity index (χ4n) is 1.21. The number of nitrogens with zero attached hydrogens (tertiary/aromatic N) is 4. The maximum atomic E-state index is 11.1. The summed E-state index contributed by atoms with van der Waals surface area (Å²) in [7, 11) is 1.60. The fourth-order valence-corrected chi connectivity index (χ4v) is 1.34. The number of nitrogens with two attached hydrogens (primary N) is 1. The van der Waals surface area contributed by atoms with E-state index in [1.54, 1.807) is 7.05 Å². The summed E-state index contributed by atoms with van der Waals surface area (Å²) in [5, 5.41) is 11.3. The molecule has 0 spiro atoms. The van der Waals surface area contributed by atoms with Crippen molar-refractivity contribution in [3.05, 3.63) is 11.9 Å². The molecule has 0 radical (unpaired) electrons. The molecule has 2 rings (SSSR count). The predicted octanol–water partition coefficient (Wildman–Crippen LogP) is -0.142. The molecule has 2 aromatic heterocycles. The highest BCUT2D eigenvalue weighted by molar-refractivity contribution is 7.80. The summed E-state index contributed by atoms with van der Waals surface area (Å²) >= 11 is 3.86. The summed E-state index contributed by atoms with van der Waals surface area (Å²) in [6.07, 6.45) is 1.43. The molecule has 0 unspecified atom stereocenters. The Bertz CT molecular complexity index is 517. The zero-order chi connectivity index (χ0) is 11.0. The quantitative estimate of drug-likeness (QED) is 0.693. The van der Waals surface area contributed by atoms with Crippen LogP contribution in [0.3, 0.4) is 0 Å². The Morgan fingerprint density at radius 2 is 2.33 bits per heavy atom. The van der Waals surface area contributed by atoms with Crippen LogP contribution in [-0.4, -0.2) is 25.9 Å². The molecule has 0 aliphatic rings. The van der Waals surface area contributed by atoms with Crippen LogP contribution in [-0.2, 0) is 7.05 Å². The Kier molecular flexibility index (Phi) is 2.19. The third-order valence-corrected chi connectivity index (χ3v) is 2.00. The minimum atomic E-state index is -0.607. The molecule has 0 saturated carbocycles. The average molecular weight is 225 g/mol. The first kappa shape index (κ1) is 9.71. The maximum Gasteiger partial charge on any atom is 0.273 e. The van der Waals surface area contributed by atoms with Gasteiger partial charge in [0.2, 0.25) is 0 Å². The minimum Gasteiger partial charge on any atom is -0.411 e. The molecule has 0 fully saturated rings. The van der Waals surface area contributed by atoms with E-state index in [0.29, 0.717) is 5.56 Å². The van der Waals surface area contributed by atoms with E-state index in [-0.39, 0.29) is 16.8 Å². The van der Waals surface area contributed by atoms with Gasteiger partial charge in [0, 0.05) is 7.05 Å². The Balaban J connectivity index is 2.58. The van der Waals surface area contributed by atoms with Crippen molar-refractivity contribution >= 4 is 18.5 Å². The molecule has 2 N–H and O–H groups in total. The monoisotopic (exact) mass is 225 g/mol. The second-order valence-corrected chi connectivity index (χ2v) is 3.17. The van der Waals surface area contributed by atoms with Gasteiger partial charge in [0.1, 0.15) is 5.69 Å². The van der Waals surface area contributed by atoms with Crippen molar-refractivity contribution in [2.45, 2.75) is 5.22 Å². The summed E-state index contributed by atoms with van der Waals surface area (Å²) in [6.45, 7) is 0. The Labute approximate surface area is 89.7 Å². The van der Waals surface area contributed by atoms with Gasteiger partial charge < -0.3 is 10.2 Å².